The Morgan fingerprint density at radius 3 is 2.53 bits per heavy atom. The molecular formula is C12H19N3O2. The molecule has 0 radical (unpaired) electrons. The molecule has 0 fully saturated rings. The molecule has 0 aliphatic carbocycles. The highest BCUT2D eigenvalue weighted by atomic mass is 16.4. The summed E-state index contributed by atoms with van der Waals surface area (Å²) in [4.78, 5) is 19.4. The molecule has 0 aliphatic rings. The Bertz CT molecular complexity index is 384. The summed E-state index contributed by atoms with van der Waals surface area (Å²) in [6.07, 6.45) is 0.567. The third kappa shape index (κ3) is 4.38. The molecule has 1 aromatic rings. The van der Waals surface area contributed by atoms with Gasteiger partial charge in [0, 0.05) is 11.8 Å². The van der Waals surface area contributed by atoms with Gasteiger partial charge in [0.25, 0.3) is 0 Å². The molecule has 2 N–H and O–H groups in total. The summed E-state index contributed by atoms with van der Waals surface area (Å²) in [6, 6.07) is 1.15. The van der Waals surface area contributed by atoms with E-state index >= 15 is 0 Å². The van der Waals surface area contributed by atoms with Crippen molar-refractivity contribution in [2.75, 3.05) is 5.32 Å². The predicted octanol–water partition coefficient (Wildman–Crippen LogP) is 2.00. The van der Waals surface area contributed by atoms with Crippen molar-refractivity contribution in [2.24, 2.45) is 5.92 Å². The molecule has 1 rings (SSSR count). The molecule has 0 spiro atoms. The van der Waals surface area contributed by atoms with E-state index < -0.39 is 12.0 Å². The van der Waals surface area contributed by atoms with Crippen LogP contribution in [0.1, 0.15) is 31.8 Å². The standard InChI is InChI=1S/C12H19N3O2/c1-7(2)5-10(12(16)17)15-11-6-8(3)13-9(4)14-11/h6-7,10H,5H2,1-4H3,(H,16,17)(H,13,14,15). The van der Waals surface area contributed by atoms with Gasteiger partial charge in [0.15, 0.2) is 0 Å². The lowest BCUT2D eigenvalue weighted by molar-refractivity contribution is -0.138. The van der Waals surface area contributed by atoms with Crippen LogP contribution in [0.5, 0.6) is 0 Å². The predicted molar refractivity (Wildman–Crippen MR) is 66.0 cm³/mol. The van der Waals surface area contributed by atoms with Gasteiger partial charge in [-0.15, -0.1) is 0 Å². The Morgan fingerprint density at radius 1 is 1.41 bits per heavy atom. The molecule has 94 valence electrons. The molecule has 5 heteroatoms. The van der Waals surface area contributed by atoms with Crippen LogP contribution in [0.15, 0.2) is 6.07 Å². The average Bonchev–Trinajstić information content (AvgIpc) is 2.13. The van der Waals surface area contributed by atoms with Gasteiger partial charge in [-0.05, 0) is 26.2 Å². The van der Waals surface area contributed by atoms with Crippen molar-refractivity contribution in [2.45, 2.75) is 40.2 Å². The SMILES string of the molecule is Cc1cc(NC(CC(C)C)C(=O)O)nc(C)n1. The highest BCUT2D eigenvalue weighted by Crippen LogP contribution is 2.12. The number of carboxylic acids is 1. The van der Waals surface area contributed by atoms with Crippen LogP contribution in [0.25, 0.3) is 0 Å². The Morgan fingerprint density at radius 2 is 2.06 bits per heavy atom. The highest BCUT2D eigenvalue weighted by molar-refractivity contribution is 5.76. The summed E-state index contributed by atoms with van der Waals surface area (Å²) in [6.45, 7) is 7.64. The van der Waals surface area contributed by atoms with Crippen LogP contribution in [0, 0.1) is 19.8 Å². The Balaban J connectivity index is 2.82. The van der Waals surface area contributed by atoms with Crippen LogP contribution in [0.2, 0.25) is 0 Å². The lowest BCUT2D eigenvalue weighted by atomic mass is 10.0. The molecule has 1 atom stereocenters. The fourth-order valence-corrected chi connectivity index (χ4v) is 1.66. The maximum absolute atomic E-state index is 11.1. The van der Waals surface area contributed by atoms with E-state index in [4.69, 9.17) is 5.11 Å². The van der Waals surface area contributed by atoms with E-state index in [1.807, 2.05) is 20.8 Å². The second-order valence-corrected chi connectivity index (χ2v) is 4.61. The second kappa shape index (κ2) is 5.61. The number of aromatic nitrogens is 2. The summed E-state index contributed by atoms with van der Waals surface area (Å²) in [7, 11) is 0. The smallest absolute Gasteiger partial charge is 0.326 e. The third-order valence-electron chi connectivity index (χ3n) is 2.29. The first-order valence-electron chi connectivity index (χ1n) is 5.70. The van der Waals surface area contributed by atoms with Gasteiger partial charge >= 0.3 is 5.97 Å². The highest BCUT2D eigenvalue weighted by Gasteiger charge is 2.19. The zero-order chi connectivity index (χ0) is 13.0. The minimum absolute atomic E-state index is 0.313. The fraction of sp³-hybridized carbons (Fsp3) is 0.583. The summed E-state index contributed by atoms with van der Waals surface area (Å²) in [5.41, 5.74) is 0.827. The van der Waals surface area contributed by atoms with E-state index in [9.17, 15) is 4.79 Å². The molecule has 0 saturated carbocycles. The molecule has 1 aromatic heterocycles. The summed E-state index contributed by atoms with van der Waals surface area (Å²) in [5.74, 6) is 0.671. The lowest BCUT2D eigenvalue weighted by Crippen LogP contribution is -2.31. The number of aryl methyl sites for hydroxylation is 2. The topological polar surface area (TPSA) is 75.1 Å². The van der Waals surface area contributed by atoms with Crippen LogP contribution in [0.4, 0.5) is 5.82 Å². The van der Waals surface area contributed by atoms with Crippen molar-refractivity contribution in [1.29, 1.82) is 0 Å². The molecule has 0 saturated heterocycles. The number of aliphatic carboxylic acids is 1. The molecule has 5 nitrogen and oxygen atoms in total. The zero-order valence-electron chi connectivity index (χ0n) is 10.7. The van der Waals surface area contributed by atoms with Crippen molar-refractivity contribution < 1.29 is 9.90 Å². The minimum Gasteiger partial charge on any atom is -0.480 e. The second-order valence-electron chi connectivity index (χ2n) is 4.61. The van der Waals surface area contributed by atoms with E-state index in [2.05, 4.69) is 15.3 Å². The van der Waals surface area contributed by atoms with Crippen LogP contribution in [-0.2, 0) is 4.79 Å². The van der Waals surface area contributed by atoms with Gasteiger partial charge in [-0.2, -0.15) is 0 Å². The average molecular weight is 237 g/mol. The molecule has 17 heavy (non-hydrogen) atoms. The van der Waals surface area contributed by atoms with E-state index in [0.29, 0.717) is 24.0 Å². The summed E-state index contributed by atoms with van der Waals surface area (Å²) < 4.78 is 0. The number of hydrogen-bond donors (Lipinski definition) is 2. The van der Waals surface area contributed by atoms with E-state index in [1.54, 1.807) is 13.0 Å². The van der Waals surface area contributed by atoms with E-state index in [-0.39, 0.29) is 0 Å². The fourth-order valence-electron chi connectivity index (χ4n) is 1.66. The van der Waals surface area contributed by atoms with E-state index in [0.717, 1.165) is 5.69 Å². The van der Waals surface area contributed by atoms with Crippen molar-refractivity contribution in [1.82, 2.24) is 9.97 Å². The van der Waals surface area contributed by atoms with Crippen LogP contribution in [-0.4, -0.2) is 27.1 Å². The van der Waals surface area contributed by atoms with Gasteiger partial charge in [-0.3, -0.25) is 0 Å². The van der Waals surface area contributed by atoms with Crippen LogP contribution in [0.3, 0.4) is 0 Å². The maximum atomic E-state index is 11.1. The molecular weight excluding hydrogens is 218 g/mol. The molecule has 1 heterocycles. The number of hydrogen-bond acceptors (Lipinski definition) is 4. The number of rotatable bonds is 5. The van der Waals surface area contributed by atoms with Gasteiger partial charge < -0.3 is 10.4 Å². The summed E-state index contributed by atoms with van der Waals surface area (Å²) >= 11 is 0. The van der Waals surface area contributed by atoms with Crippen LogP contribution >= 0.6 is 0 Å². The van der Waals surface area contributed by atoms with Gasteiger partial charge in [-0.1, -0.05) is 13.8 Å². The first-order chi connectivity index (χ1) is 7.88. The Hall–Kier alpha value is -1.65. The Labute approximate surface area is 101 Å². The lowest BCUT2D eigenvalue weighted by Gasteiger charge is -2.17. The minimum atomic E-state index is -0.854. The number of anilines is 1. The summed E-state index contributed by atoms with van der Waals surface area (Å²) in [5, 5.41) is 12.1. The van der Waals surface area contributed by atoms with E-state index in [1.165, 1.54) is 0 Å². The van der Waals surface area contributed by atoms with Gasteiger partial charge in [-0.25, -0.2) is 14.8 Å². The van der Waals surface area contributed by atoms with Crippen molar-refractivity contribution >= 4 is 11.8 Å². The molecule has 0 aliphatic heterocycles. The molecule has 1 unspecified atom stereocenters. The van der Waals surface area contributed by atoms with Crippen LogP contribution < -0.4 is 5.32 Å². The monoisotopic (exact) mass is 237 g/mol. The molecule has 0 bridgehead atoms. The number of nitrogens with zero attached hydrogens (tertiary/aromatic N) is 2. The van der Waals surface area contributed by atoms with Gasteiger partial charge in [0.05, 0.1) is 0 Å². The van der Waals surface area contributed by atoms with Crippen molar-refractivity contribution in [3.05, 3.63) is 17.6 Å². The van der Waals surface area contributed by atoms with Gasteiger partial charge in [0.2, 0.25) is 0 Å². The molecule has 0 aromatic carbocycles. The number of nitrogens with one attached hydrogen (secondary N) is 1. The zero-order valence-corrected chi connectivity index (χ0v) is 10.7. The van der Waals surface area contributed by atoms with Crippen molar-refractivity contribution in [3.63, 3.8) is 0 Å². The Kier molecular flexibility index (Phi) is 4.43. The first-order valence-corrected chi connectivity index (χ1v) is 5.70. The number of carboxylic acid groups (broad SMARTS) is 1. The maximum Gasteiger partial charge on any atom is 0.326 e. The van der Waals surface area contributed by atoms with Crippen molar-refractivity contribution in [3.8, 4) is 0 Å². The quantitative estimate of drug-likeness (QED) is 0.819. The first kappa shape index (κ1) is 13.4. The third-order valence-corrected chi connectivity index (χ3v) is 2.29. The van der Waals surface area contributed by atoms with Gasteiger partial charge in [0.1, 0.15) is 17.7 Å². The largest absolute Gasteiger partial charge is 0.480 e. The normalized spacial score (nSPS) is 12.5. The molecule has 0 amide bonds. The number of carbonyl (C=O) groups is 1.